The molecule has 0 aromatic heterocycles. The van der Waals surface area contributed by atoms with Crippen LogP contribution < -0.4 is 9.03 Å². The van der Waals surface area contributed by atoms with Gasteiger partial charge in [0, 0.05) is 11.6 Å². The number of fused-ring (bicyclic) bond motifs is 1. The highest BCUT2D eigenvalue weighted by atomic mass is 35.5. The first-order valence-corrected chi connectivity index (χ1v) is 12.1. The third-order valence-corrected chi connectivity index (χ3v) is 7.96. The van der Waals surface area contributed by atoms with E-state index in [0.717, 1.165) is 18.4 Å². The Labute approximate surface area is 165 Å². The van der Waals surface area contributed by atoms with Crippen molar-refractivity contribution in [3.8, 4) is 0 Å². The lowest BCUT2D eigenvalue weighted by atomic mass is 10.0. The van der Waals surface area contributed by atoms with Crippen molar-refractivity contribution in [2.75, 3.05) is 21.3 Å². The maximum Gasteiger partial charge on any atom is 0.261 e. The maximum absolute atomic E-state index is 12.6. The van der Waals surface area contributed by atoms with E-state index in [9.17, 15) is 16.8 Å². The zero-order chi connectivity index (χ0) is 19.7. The highest BCUT2D eigenvalue weighted by Crippen LogP contribution is 2.33. The molecule has 9 heteroatoms. The summed E-state index contributed by atoms with van der Waals surface area (Å²) in [6, 6.07) is 10.9. The Hall–Kier alpha value is -1.77. The minimum atomic E-state index is -3.80. The molecule has 0 unspecified atom stereocenters. The molecule has 1 aliphatic rings. The second kappa shape index (κ2) is 7.69. The van der Waals surface area contributed by atoms with Crippen LogP contribution in [0.5, 0.6) is 0 Å². The summed E-state index contributed by atoms with van der Waals surface area (Å²) in [4.78, 5) is 0.0834. The van der Waals surface area contributed by atoms with E-state index in [-0.39, 0.29) is 10.6 Å². The van der Waals surface area contributed by atoms with Crippen molar-refractivity contribution in [2.24, 2.45) is 0 Å². The number of nitrogens with one attached hydrogen (secondary N) is 1. The van der Waals surface area contributed by atoms with Crippen LogP contribution in [0.1, 0.15) is 25.3 Å². The topological polar surface area (TPSA) is 83.6 Å². The smallest absolute Gasteiger partial charge is 0.261 e. The van der Waals surface area contributed by atoms with Crippen LogP contribution in [0.15, 0.2) is 47.4 Å². The number of rotatable bonds is 6. The van der Waals surface area contributed by atoms with Crippen LogP contribution in [0.4, 0.5) is 11.4 Å². The molecule has 2 aromatic carbocycles. The molecule has 6 nitrogen and oxygen atoms in total. The van der Waals surface area contributed by atoms with Gasteiger partial charge in [0.15, 0.2) is 0 Å². The summed E-state index contributed by atoms with van der Waals surface area (Å²) in [5.74, 6) is 0.0627. The van der Waals surface area contributed by atoms with Gasteiger partial charge in [0.05, 0.1) is 22.0 Å². The van der Waals surface area contributed by atoms with Crippen LogP contribution >= 0.6 is 11.6 Å². The van der Waals surface area contributed by atoms with Crippen molar-refractivity contribution in [2.45, 2.75) is 31.1 Å². The number of anilines is 2. The molecule has 0 bridgehead atoms. The summed E-state index contributed by atoms with van der Waals surface area (Å²) in [5, 5.41) is 0.444. The lowest BCUT2D eigenvalue weighted by molar-refractivity contribution is 0.585. The Morgan fingerprint density at radius 1 is 1.07 bits per heavy atom. The van der Waals surface area contributed by atoms with Crippen LogP contribution in [-0.2, 0) is 26.5 Å². The molecule has 27 heavy (non-hydrogen) atoms. The second-order valence-corrected chi connectivity index (χ2v) is 10.5. The molecular weight excluding hydrogens is 408 g/mol. The van der Waals surface area contributed by atoms with Crippen molar-refractivity contribution in [1.29, 1.82) is 0 Å². The lowest BCUT2D eigenvalue weighted by Crippen LogP contribution is -2.37. The third-order valence-electron chi connectivity index (χ3n) is 4.34. The first-order valence-electron chi connectivity index (χ1n) is 8.65. The molecule has 1 heterocycles. The normalized spacial score (nSPS) is 14.7. The van der Waals surface area contributed by atoms with Gasteiger partial charge in [0.25, 0.3) is 10.0 Å². The number of sulfonamides is 2. The fraction of sp³-hybridized carbons (Fsp3) is 0.333. The average Bonchev–Trinajstić information content (AvgIpc) is 2.61. The van der Waals surface area contributed by atoms with Gasteiger partial charge in [-0.1, -0.05) is 24.6 Å². The van der Waals surface area contributed by atoms with Crippen LogP contribution in [0.25, 0.3) is 0 Å². The number of hydrogen-bond donors (Lipinski definition) is 1. The van der Waals surface area contributed by atoms with Gasteiger partial charge in [0.2, 0.25) is 10.0 Å². The van der Waals surface area contributed by atoms with Crippen LogP contribution in [0.3, 0.4) is 0 Å². The molecule has 0 amide bonds. The van der Waals surface area contributed by atoms with Crippen molar-refractivity contribution in [1.82, 2.24) is 0 Å². The standard InChI is InChI=1S/C18H21ClN2O4S2/c1-2-12-26(22,23)21-11-3-4-14-5-8-16(13-18(14)21)20-27(24,25)17-9-6-15(19)7-10-17/h5-10,13,20H,2-4,11-12H2,1H3. The first kappa shape index (κ1) is 20.0. The van der Waals surface area contributed by atoms with E-state index >= 15 is 0 Å². The maximum atomic E-state index is 12.6. The molecule has 0 fully saturated rings. The Morgan fingerprint density at radius 2 is 1.78 bits per heavy atom. The summed E-state index contributed by atoms with van der Waals surface area (Å²) >= 11 is 5.81. The van der Waals surface area contributed by atoms with Crippen LogP contribution in [0, 0.1) is 0 Å². The summed E-state index contributed by atoms with van der Waals surface area (Å²) in [6.07, 6.45) is 2.03. The Bertz CT molecular complexity index is 1040. The molecule has 0 atom stereocenters. The number of hydrogen-bond acceptors (Lipinski definition) is 4. The van der Waals surface area contributed by atoms with Crippen molar-refractivity contribution in [3.63, 3.8) is 0 Å². The minimum Gasteiger partial charge on any atom is -0.280 e. The zero-order valence-corrected chi connectivity index (χ0v) is 17.2. The number of aryl methyl sites for hydroxylation is 1. The fourth-order valence-electron chi connectivity index (χ4n) is 3.09. The van der Waals surface area contributed by atoms with Gasteiger partial charge in [-0.3, -0.25) is 9.03 Å². The molecule has 146 valence electrons. The summed E-state index contributed by atoms with van der Waals surface area (Å²) in [7, 11) is -7.22. The van der Waals surface area contributed by atoms with Crippen molar-refractivity contribution >= 4 is 43.0 Å². The number of halogens is 1. The van der Waals surface area contributed by atoms with Gasteiger partial charge in [0.1, 0.15) is 0 Å². The first-order chi connectivity index (χ1) is 12.7. The van der Waals surface area contributed by atoms with E-state index in [1.165, 1.54) is 28.6 Å². The fourth-order valence-corrected chi connectivity index (χ4v) is 5.88. The molecule has 0 saturated heterocycles. The lowest BCUT2D eigenvalue weighted by Gasteiger charge is -2.31. The molecule has 0 spiro atoms. The SMILES string of the molecule is CCCS(=O)(=O)N1CCCc2ccc(NS(=O)(=O)c3ccc(Cl)cc3)cc21. The van der Waals surface area contributed by atoms with Gasteiger partial charge in [-0.25, -0.2) is 16.8 Å². The quantitative estimate of drug-likeness (QED) is 0.761. The molecular formula is C18H21ClN2O4S2. The predicted octanol–water partition coefficient (Wildman–Crippen LogP) is 3.63. The Morgan fingerprint density at radius 3 is 2.44 bits per heavy atom. The van der Waals surface area contributed by atoms with E-state index in [1.807, 2.05) is 6.92 Å². The van der Waals surface area contributed by atoms with Gasteiger partial charge < -0.3 is 0 Å². The molecule has 0 aliphatic carbocycles. The van der Waals surface area contributed by atoms with Crippen LogP contribution in [0.2, 0.25) is 5.02 Å². The van der Waals surface area contributed by atoms with E-state index in [0.29, 0.717) is 29.4 Å². The summed E-state index contributed by atoms with van der Waals surface area (Å²) in [6.45, 7) is 2.22. The zero-order valence-electron chi connectivity index (χ0n) is 14.9. The van der Waals surface area contributed by atoms with Crippen molar-refractivity contribution < 1.29 is 16.8 Å². The summed E-state index contributed by atoms with van der Waals surface area (Å²) in [5.41, 5.74) is 1.77. The van der Waals surface area contributed by atoms with Gasteiger partial charge in [-0.2, -0.15) is 0 Å². The van der Waals surface area contributed by atoms with E-state index in [4.69, 9.17) is 11.6 Å². The molecule has 1 N–H and O–H groups in total. The Kier molecular flexibility index (Phi) is 5.69. The summed E-state index contributed by atoms with van der Waals surface area (Å²) < 4.78 is 54.2. The molecule has 2 aromatic rings. The van der Waals surface area contributed by atoms with Gasteiger partial charge >= 0.3 is 0 Å². The highest BCUT2D eigenvalue weighted by molar-refractivity contribution is 7.93. The monoisotopic (exact) mass is 428 g/mol. The van der Waals surface area contributed by atoms with E-state index < -0.39 is 20.0 Å². The highest BCUT2D eigenvalue weighted by Gasteiger charge is 2.27. The van der Waals surface area contributed by atoms with Crippen LogP contribution in [-0.4, -0.2) is 29.1 Å². The average molecular weight is 429 g/mol. The Balaban J connectivity index is 1.94. The van der Waals surface area contributed by atoms with E-state index in [2.05, 4.69) is 4.72 Å². The third kappa shape index (κ3) is 4.39. The minimum absolute atomic E-state index is 0.0627. The van der Waals surface area contributed by atoms with Gasteiger partial charge in [-0.05, 0) is 61.2 Å². The van der Waals surface area contributed by atoms with Gasteiger partial charge in [-0.15, -0.1) is 0 Å². The van der Waals surface area contributed by atoms with Crippen molar-refractivity contribution in [3.05, 3.63) is 53.1 Å². The predicted molar refractivity (Wildman–Crippen MR) is 108 cm³/mol. The van der Waals surface area contributed by atoms with E-state index in [1.54, 1.807) is 18.2 Å². The largest absolute Gasteiger partial charge is 0.280 e. The number of benzene rings is 2. The molecule has 0 saturated carbocycles. The second-order valence-electron chi connectivity index (χ2n) is 6.39. The molecule has 0 radical (unpaired) electrons. The molecule has 3 rings (SSSR count). The number of nitrogens with zero attached hydrogens (tertiary/aromatic N) is 1. The molecule has 1 aliphatic heterocycles.